The van der Waals surface area contributed by atoms with Crippen molar-refractivity contribution in [2.24, 2.45) is 7.05 Å². The molecule has 0 aliphatic carbocycles. The van der Waals surface area contributed by atoms with Gasteiger partial charge >= 0.3 is 5.51 Å². The summed E-state index contributed by atoms with van der Waals surface area (Å²) in [6, 6.07) is 48.4. The molecule has 6 aromatic rings. The molecule has 0 saturated carbocycles. The average molecular weight is 692 g/mol. The third kappa shape index (κ3) is 6.69. The van der Waals surface area contributed by atoms with Gasteiger partial charge in [0.2, 0.25) is 0 Å². The summed E-state index contributed by atoms with van der Waals surface area (Å²) in [7, 11) is -2.91. The van der Waals surface area contributed by atoms with E-state index in [2.05, 4.69) is 145 Å². The highest BCUT2D eigenvalue weighted by Gasteiger charge is 2.54. The van der Waals surface area contributed by atoms with Crippen LogP contribution in [0.15, 0.2) is 140 Å². The van der Waals surface area contributed by atoms with Gasteiger partial charge in [-0.15, -0.1) is 0 Å². The Morgan fingerprint density at radius 2 is 1.12 bits per heavy atom. The summed E-state index contributed by atoms with van der Waals surface area (Å²) in [6.07, 6.45) is 2.33. The summed E-state index contributed by atoms with van der Waals surface area (Å²) >= 11 is 0. The molecule has 0 saturated heterocycles. The summed E-state index contributed by atoms with van der Waals surface area (Å²) in [5.74, 6) is 1.46. The van der Waals surface area contributed by atoms with Gasteiger partial charge in [0.15, 0.2) is 21.6 Å². The second kappa shape index (κ2) is 14.2. The van der Waals surface area contributed by atoms with Gasteiger partial charge in [0, 0.05) is 35.3 Å². The number of rotatable bonds is 8. The van der Waals surface area contributed by atoms with Gasteiger partial charge in [-0.1, -0.05) is 78.9 Å². The van der Waals surface area contributed by atoms with Gasteiger partial charge in [-0.25, -0.2) is 8.42 Å². The lowest BCUT2D eigenvalue weighted by Crippen LogP contribution is -2.35. The molecule has 0 bridgehead atoms. The molecule has 6 nitrogen and oxygen atoms in total. The molecule has 5 aromatic carbocycles. The van der Waals surface area contributed by atoms with Crippen molar-refractivity contribution in [3.63, 3.8) is 0 Å². The predicted octanol–water partition coefficient (Wildman–Crippen LogP) is 7.33. The quantitative estimate of drug-likeness (QED) is 0.0949. The highest BCUT2D eigenvalue weighted by Crippen LogP contribution is 2.69. The van der Waals surface area contributed by atoms with Crippen molar-refractivity contribution in [2.45, 2.75) is 11.2 Å². The number of nitrogens with zero attached hydrogens (tertiary/aromatic N) is 1. The minimum absolute atomic E-state index is 0.00519. The lowest BCUT2D eigenvalue weighted by atomic mass is 10.0. The number of aryl methyl sites for hydroxylation is 1. The van der Waals surface area contributed by atoms with Crippen molar-refractivity contribution >= 4 is 44.2 Å². The fraction of sp³-hybridized carbons (Fsp3) is 0.135. The van der Waals surface area contributed by atoms with Crippen LogP contribution in [0.2, 0.25) is 0 Å². The van der Waals surface area contributed by atoms with Crippen LogP contribution in [-0.4, -0.2) is 37.3 Å². The van der Waals surface area contributed by atoms with Crippen molar-refractivity contribution in [3.05, 3.63) is 151 Å². The Morgan fingerprint density at radius 3 is 1.56 bits per heavy atom. The first kappa shape index (κ1) is 34.7. The van der Waals surface area contributed by atoms with E-state index in [4.69, 9.17) is 22.4 Å². The molecular weight excluding hydrogens is 658 g/mol. The van der Waals surface area contributed by atoms with Crippen molar-refractivity contribution in [3.8, 4) is 11.5 Å². The SMILES string of the molecule is COc1ccc(C(c2cn(C)c3ccccc23)[P+](c2ccccc2)(c2ccccc2)c2ccccc2)cc1OC.O=S(=O)([O-])C(F)(F)F. The first-order valence-corrected chi connectivity index (χ1v) is 18.0. The van der Waals surface area contributed by atoms with E-state index in [1.54, 1.807) is 14.2 Å². The lowest BCUT2D eigenvalue weighted by molar-refractivity contribution is -0.0517. The normalized spacial score (nSPS) is 12.6. The highest BCUT2D eigenvalue weighted by molar-refractivity contribution is 7.96. The van der Waals surface area contributed by atoms with Crippen molar-refractivity contribution < 1.29 is 35.6 Å². The van der Waals surface area contributed by atoms with Crippen molar-refractivity contribution in [1.29, 1.82) is 0 Å². The van der Waals surface area contributed by atoms with Gasteiger partial charge in [0.05, 0.1) is 14.2 Å². The topological polar surface area (TPSA) is 80.6 Å². The first-order valence-electron chi connectivity index (χ1n) is 14.8. The second-order valence-electron chi connectivity index (χ2n) is 10.9. The van der Waals surface area contributed by atoms with Gasteiger partial charge in [-0.3, -0.25) is 0 Å². The Balaban J connectivity index is 0.000000503. The first-order chi connectivity index (χ1) is 22.9. The molecule has 0 spiro atoms. The molecule has 1 heterocycles. The number of fused-ring (bicyclic) bond motifs is 1. The fourth-order valence-electron chi connectivity index (χ4n) is 6.11. The largest absolute Gasteiger partial charge is 0.741 e. The van der Waals surface area contributed by atoms with Gasteiger partial charge in [-0.2, -0.15) is 13.2 Å². The number of alkyl halides is 3. The number of benzene rings is 5. The molecule has 11 heteroatoms. The lowest BCUT2D eigenvalue weighted by Gasteiger charge is -2.35. The number of methoxy groups -OCH3 is 2. The second-order valence-corrected chi connectivity index (χ2v) is 15.7. The van der Waals surface area contributed by atoms with Gasteiger partial charge in [-0.05, 0) is 54.6 Å². The molecule has 6 rings (SSSR count). The number of hydrogen-bond donors (Lipinski definition) is 0. The molecule has 1 aromatic heterocycles. The van der Waals surface area contributed by atoms with Gasteiger partial charge < -0.3 is 18.6 Å². The molecule has 0 aliphatic heterocycles. The Labute approximate surface area is 278 Å². The minimum Gasteiger partial charge on any atom is -0.741 e. The summed E-state index contributed by atoms with van der Waals surface area (Å²) in [6.45, 7) is 0. The Kier molecular flexibility index (Phi) is 10.3. The van der Waals surface area contributed by atoms with Crippen LogP contribution in [0.5, 0.6) is 11.5 Å². The van der Waals surface area contributed by atoms with E-state index >= 15 is 0 Å². The molecule has 0 aliphatic rings. The van der Waals surface area contributed by atoms with Crippen LogP contribution in [0, 0.1) is 0 Å². The van der Waals surface area contributed by atoms with E-state index in [9.17, 15) is 13.2 Å². The molecule has 248 valence electrons. The van der Waals surface area contributed by atoms with Crippen molar-refractivity contribution in [2.75, 3.05) is 14.2 Å². The van der Waals surface area contributed by atoms with Crippen LogP contribution in [0.4, 0.5) is 13.2 Å². The maximum Gasteiger partial charge on any atom is 0.485 e. The Bertz CT molecular complexity index is 1990. The zero-order valence-corrected chi connectivity index (χ0v) is 28.0. The van der Waals surface area contributed by atoms with E-state index < -0.39 is 22.9 Å². The molecule has 0 N–H and O–H groups in total. The third-order valence-corrected chi connectivity index (χ3v) is 13.4. The average Bonchev–Trinajstić information content (AvgIpc) is 3.42. The predicted molar refractivity (Wildman–Crippen MR) is 185 cm³/mol. The van der Waals surface area contributed by atoms with Crippen LogP contribution >= 0.6 is 7.26 Å². The maximum atomic E-state index is 10.7. The fourth-order valence-corrected chi connectivity index (χ4v) is 11.1. The monoisotopic (exact) mass is 691 g/mol. The summed E-state index contributed by atoms with van der Waals surface area (Å²) in [5.41, 5.74) is -1.93. The number of ether oxygens (including phenoxy) is 2. The Hall–Kier alpha value is -4.63. The number of para-hydroxylation sites is 1. The molecule has 0 radical (unpaired) electrons. The van der Waals surface area contributed by atoms with Gasteiger partial charge in [0.1, 0.15) is 28.8 Å². The van der Waals surface area contributed by atoms with Crippen LogP contribution in [0.3, 0.4) is 0 Å². The van der Waals surface area contributed by atoms with Crippen LogP contribution < -0.4 is 25.4 Å². The van der Waals surface area contributed by atoms with Crippen LogP contribution in [-0.2, 0) is 17.2 Å². The van der Waals surface area contributed by atoms with E-state index in [1.807, 2.05) is 6.07 Å². The zero-order valence-electron chi connectivity index (χ0n) is 26.3. The summed E-state index contributed by atoms with van der Waals surface area (Å²) in [5, 5.41) is 5.26. The third-order valence-electron chi connectivity index (χ3n) is 8.11. The molecule has 1 atom stereocenters. The number of aromatic nitrogens is 1. The summed E-state index contributed by atoms with van der Waals surface area (Å²) in [4.78, 5) is 0. The molecular formula is C37H33F3NO5PS. The smallest absolute Gasteiger partial charge is 0.485 e. The summed E-state index contributed by atoms with van der Waals surface area (Å²) < 4.78 is 72.7. The molecule has 0 fully saturated rings. The van der Waals surface area contributed by atoms with E-state index in [0.717, 1.165) is 11.5 Å². The maximum absolute atomic E-state index is 10.7. The minimum atomic E-state index is -6.09. The highest BCUT2D eigenvalue weighted by atomic mass is 32.2. The standard InChI is InChI=1S/C36H33NO2P.CHF3O3S/c1-37-26-32(31-21-13-14-22-33(31)37)36(27-23-24-34(38-2)35(25-27)39-3)40(28-15-7-4-8-16-28,29-17-9-5-10-18-29)30-19-11-6-12-20-30;2-1(3,4)8(5,6)7/h4-26,36H,1-3H3;(H,5,6,7)/q+1;/p-1. The van der Waals surface area contributed by atoms with E-state index in [1.165, 1.54) is 37.9 Å². The van der Waals surface area contributed by atoms with E-state index in [0.29, 0.717) is 0 Å². The van der Waals surface area contributed by atoms with Gasteiger partial charge in [0.25, 0.3) is 0 Å². The molecule has 0 amide bonds. The van der Waals surface area contributed by atoms with Crippen LogP contribution in [0.1, 0.15) is 16.8 Å². The Morgan fingerprint density at radius 1 is 0.688 bits per heavy atom. The van der Waals surface area contributed by atoms with Crippen molar-refractivity contribution in [1.82, 2.24) is 4.57 Å². The van der Waals surface area contributed by atoms with E-state index in [-0.39, 0.29) is 5.66 Å². The molecule has 48 heavy (non-hydrogen) atoms. The number of halogens is 3. The molecule has 1 unspecified atom stereocenters. The zero-order chi connectivity index (χ0) is 34.5. The number of hydrogen-bond acceptors (Lipinski definition) is 5. The van der Waals surface area contributed by atoms with Crippen LogP contribution in [0.25, 0.3) is 10.9 Å².